The van der Waals surface area contributed by atoms with E-state index in [2.05, 4.69) is 30.3 Å². The number of hydrogen-bond donors (Lipinski definition) is 0. The van der Waals surface area contributed by atoms with E-state index in [0.29, 0.717) is 29.5 Å². The molecule has 0 atom stereocenters. The number of anilines is 1. The summed E-state index contributed by atoms with van der Waals surface area (Å²) in [5.74, 6) is -0.0609. The second-order valence-electron chi connectivity index (χ2n) is 9.42. The quantitative estimate of drug-likeness (QED) is 0.509. The van der Waals surface area contributed by atoms with Crippen LogP contribution in [0.1, 0.15) is 74.0 Å². The summed E-state index contributed by atoms with van der Waals surface area (Å²) >= 11 is 1.46. The zero-order valence-corrected chi connectivity index (χ0v) is 20.5. The Morgan fingerprint density at radius 3 is 2.31 bits per heavy atom. The lowest BCUT2D eigenvalue weighted by Crippen LogP contribution is -2.25. The Bertz CT molecular complexity index is 1050. The molecule has 0 unspecified atom stereocenters. The van der Waals surface area contributed by atoms with Crippen LogP contribution in [-0.4, -0.2) is 23.6 Å². The molecule has 1 aliphatic rings. The van der Waals surface area contributed by atoms with Gasteiger partial charge in [0.2, 0.25) is 0 Å². The molecule has 0 spiro atoms. The molecule has 0 N–H and O–H groups in total. The summed E-state index contributed by atoms with van der Waals surface area (Å²) in [6, 6.07) is 3.36. The van der Waals surface area contributed by atoms with Gasteiger partial charge >= 0.3 is 6.18 Å². The molecule has 1 fully saturated rings. The number of aromatic nitrogens is 1. The Morgan fingerprint density at radius 2 is 1.81 bits per heavy atom. The number of alkyl halides is 3. The number of amides is 1. The van der Waals surface area contributed by atoms with E-state index in [1.807, 2.05) is 25.7 Å². The molecule has 32 heavy (non-hydrogen) atoms. The van der Waals surface area contributed by atoms with Crippen molar-refractivity contribution >= 4 is 22.9 Å². The van der Waals surface area contributed by atoms with Crippen LogP contribution in [0, 0.1) is 12.8 Å². The summed E-state index contributed by atoms with van der Waals surface area (Å²) in [4.78, 5) is 21.3. The molecular formula is C24H32F3N3OS. The van der Waals surface area contributed by atoms with Crippen molar-refractivity contribution in [3.8, 4) is 0 Å². The molecule has 1 aromatic heterocycles. The first-order valence-corrected chi connectivity index (χ1v) is 11.9. The molecule has 0 saturated heterocycles. The summed E-state index contributed by atoms with van der Waals surface area (Å²) in [6.07, 6.45) is -2.22. The first-order chi connectivity index (χ1) is 14.9. The third-order valence-corrected chi connectivity index (χ3v) is 7.44. The van der Waals surface area contributed by atoms with Crippen LogP contribution in [0.15, 0.2) is 23.2 Å². The van der Waals surface area contributed by atoms with E-state index in [4.69, 9.17) is 0 Å². The number of nitrogens with zero attached hydrogens (tertiary/aromatic N) is 3. The molecule has 1 heterocycles. The fraction of sp³-hybridized carbons (Fsp3) is 0.583. The van der Waals surface area contributed by atoms with Gasteiger partial charge in [-0.2, -0.15) is 18.2 Å². The summed E-state index contributed by atoms with van der Waals surface area (Å²) in [5.41, 5.74) is 0.601. The fourth-order valence-electron chi connectivity index (χ4n) is 3.91. The molecule has 3 rings (SSSR count). The number of carbonyl (C=O) groups excluding carboxylic acids is 1. The average Bonchev–Trinajstić information content (AvgIpc) is 3.47. The Hall–Kier alpha value is -2.09. The predicted octanol–water partition coefficient (Wildman–Crippen LogP) is 6.17. The van der Waals surface area contributed by atoms with E-state index in [1.165, 1.54) is 17.4 Å². The van der Waals surface area contributed by atoms with Gasteiger partial charge in [0.1, 0.15) is 0 Å². The highest BCUT2D eigenvalue weighted by molar-refractivity contribution is 7.09. The lowest BCUT2D eigenvalue weighted by molar-refractivity contribution is -0.137. The molecule has 1 aromatic carbocycles. The Kier molecular flexibility index (Phi) is 6.94. The lowest BCUT2D eigenvalue weighted by atomic mass is 9.93. The molecule has 8 heteroatoms. The van der Waals surface area contributed by atoms with Gasteiger partial charge in [0.25, 0.3) is 5.91 Å². The van der Waals surface area contributed by atoms with Crippen molar-refractivity contribution in [1.82, 2.24) is 4.57 Å². The van der Waals surface area contributed by atoms with Crippen molar-refractivity contribution in [1.29, 1.82) is 0 Å². The second kappa shape index (κ2) is 9.04. The minimum absolute atomic E-state index is 0.00939. The zero-order valence-electron chi connectivity index (χ0n) is 19.6. The van der Waals surface area contributed by atoms with Gasteiger partial charge in [0.15, 0.2) is 4.80 Å². The maximum absolute atomic E-state index is 13.4. The topological polar surface area (TPSA) is 37.6 Å². The molecule has 0 bridgehead atoms. The first kappa shape index (κ1) is 24.6. The van der Waals surface area contributed by atoms with Gasteiger partial charge < -0.3 is 9.47 Å². The van der Waals surface area contributed by atoms with E-state index in [1.54, 1.807) is 0 Å². The van der Waals surface area contributed by atoms with Crippen LogP contribution in [0.5, 0.6) is 0 Å². The van der Waals surface area contributed by atoms with Gasteiger partial charge in [-0.3, -0.25) is 4.79 Å². The zero-order chi connectivity index (χ0) is 23.8. The standard InChI is InChI=1S/C24H32F3N3OS/c1-7-29(8-2)19-12-11-17(24(25,26)27)13-18(19)21(31)28-22-30(14-16-9-10-16)15(3)20(32-22)23(4,5)6/h11-13,16H,7-10,14H2,1-6H3. The summed E-state index contributed by atoms with van der Waals surface area (Å²) in [7, 11) is 0. The second-order valence-corrected chi connectivity index (χ2v) is 10.4. The molecule has 0 radical (unpaired) electrons. The van der Waals surface area contributed by atoms with Crippen molar-refractivity contribution in [2.24, 2.45) is 10.9 Å². The smallest absolute Gasteiger partial charge is 0.371 e. The summed E-state index contributed by atoms with van der Waals surface area (Å²) in [6.45, 7) is 14.2. The number of rotatable bonds is 6. The molecule has 176 valence electrons. The third kappa shape index (κ3) is 5.27. The Balaban J connectivity index is 2.16. The van der Waals surface area contributed by atoms with Gasteiger partial charge in [-0.15, -0.1) is 11.3 Å². The van der Waals surface area contributed by atoms with E-state index in [-0.39, 0.29) is 11.0 Å². The van der Waals surface area contributed by atoms with Gasteiger partial charge in [-0.25, -0.2) is 0 Å². The maximum Gasteiger partial charge on any atom is 0.416 e. The average molecular weight is 468 g/mol. The molecule has 1 aliphatic carbocycles. The van der Waals surface area contributed by atoms with E-state index >= 15 is 0 Å². The monoisotopic (exact) mass is 467 g/mol. The van der Waals surface area contributed by atoms with Crippen molar-refractivity contribution in [2.45, 2.75) is 72.5 Å². The van der Waals surface area contributed by atoms with E-state index < -0.39 is 17.6 Å². The number of benzene rings is 1. The van der Waals surface area contributed by atoms with Gasteiger partial charge in [0.05, 0.1) is 11.1 Å². The first-order valence-electron chi connectivity index (χ1n) is 11.1. The summed E-state index contributed by atoms with van der Waals surface area (Å²) in [5, 5.41) is 0. The molecule has 0 aliphatic heterocycles. The van der Waals surface area contributed by atoms with Gasteiger partial charge in [-0.05, 0) is 63.1 Å². The lowest BCUT2D eigenvalue weighted by Gasteiger charge is -2.24. The van der Waals surface area contributed by atoms with E-state index in [9.17, 15) is 18.0 Å². The maximum atomic E-state index is 13.4. The summed E-state index contributed by atoms with van der Waals surface area (Å²) < 4.78 is 42.3. The minimum atomic E-state index is -4.53. The number of halogens is 3. The van der Waals surface area contributed by atoms with Crippen LogP contribution < -0.4 is 9.70 Å². The van der Waals surface area contributed by atoms with Crippen molar-refractivity contribution in [3.05, 3.63) is 44.7 Å². The SMILES string of the molecule is CCN(CC)c1ccc(C(F)(F)F)cc1C(=O)N=c1sc(C(C)(C)C)c(C)n1CC1CC1. The number of thiazole rings is 1. The third-order valence-electron chi connectivity index (χ3n) is 5.83. The fourth-order valence-corrected chi connectivity index (χ4v) is 5.11. The van der Waals surface area contributed by atoms with E-state index in [0.717, 1.165) is 42.1 Å². The molecular weight excluding hydrogens is 435 g/mol. The number of carbonyl (C=O) groups is 1. The van der Waals surface area contributed by atoms with Gasteiger partial charge in [0, 0.05) is 35.9 Å². The van der Waals surface area contributed by atoms with Crippen molar-refractivity contribution in [2.75, 3.05) is 18.0 Å². The van der Waals surface area contributed by atoms with Crippen LogP contribution in [-0.2, 0) is 18.1 Å². The van der Waals surface area contributed by atoms with Crippen LogP contribution in [0.4, 0.5) is 18.9 Å². The molecule has 4 nitrogen and oxygen atoms in total. The van der Waals surface area contributed by atoms with Crippen molar-refractivity contribution in [3.63, 3.8) is 0 Å². The predicted molar refractivity (Wildman–Crippen MR) is 123 cm³/mol. The molecule has 1 amide bonds. The minimum Gasteiger partial charge on any atom is -0.371 e. The van der Waals surface area contributed by atoms with Crippen LogP contribution in [0.2, 0.25) is 0 Å². The van der Waals surface area contributed by atoms with Crippen LogP contribution in [0.3, 0.4) is 0 Å². The van der Waals surface area contributed by atoms with Gasteiger partial charge in [-0.1, -0.05) is 20.8 Å². The highest BCUT2D eigenvalue weighted by atomic mass is 32.1. The van der Waals surface area contributed by atoms with Crippen molar-refractivity contribution < 1.29 is 18.0 Å². The Labute approximate surface area is 191 Å². The Morgan fingerprint density at radius 1 is 1.19 bits per heavy atom. The highest BCUT2D eigenvalue weighted by Gasteiger charge is 2.32. The van der Waals surface area contributed by atoms with Crippen LogP contribution in [0.25, 0.3) is 0 Å². The van der Waals surface area contributed by atoms with Crippen LogP contribution >= 0.6 is 11.3 Å². The largest absolute Gasteiger partial charge is 0.416 e. The molecule has 2 aromatic rings. The molecule has 1 saturated carbocycles. The normalized spacial score (nSPS) is 15.3. The number of hydrogen-bond acceptors (Lipinski definition) is 3. The highest BCUT2D eigenvalue weighted by Crippen LogP contribution is 2.35.